The summed E-state index contributed by atoms with van der Waals surface area (Å²) in [6, 6.07) is 0. The Hall–Kier alpha value is -3.00. The Kier molecular flexibility index (Phi) is 4.95. The number of aliphatic hydroxyl groups is 1. The van der Waals surface area contributed by atoms with Crippen LogP contribution in [0.5, 0.6) is 0 Å². The molecule has 2 saturated heterocycles. The van der Waals surface area contributed by atoms with Gasteiger partial charge in [-0.05, 0) is 52.5 Å². The Balaban J connectivity index is 1.44. The second-order valence-corrected chi connectivity index (χ2v) is 13.7. The molecular formula is C32H36O8. The average Bonchev–Trinajstić information content (AvgIpc) is 3.53. The van der Waals surface area contributed by atoms with Crippen LogP contribution in [0.1, 0.15) is 60.3 Å². The van der Waals surface area contributed by atoms with Crippen molar-refractivity contribution < 1.29 is 38.5 Å². The minimum absolute atomic E-state index is 0.0886. The number of ether oxygens (including phenoxy) is 3. The maximum Gasteiger partial charge on any atom is 0.334 e. The summed E-state index contributed by atoms with van der Waals surface area (Å²) < 4.78 is 18.5. The van der Waals surface area contributed by atoms with E-state index >= 15 is 0 Å². The van der Waals surface area contributed by atoms with Gasteiger partial charge in [0.15, 0.2) is 5.78 Å². The van der Waals surface area contributed by atoms with Gasteiger partial charge in [0.1, 0.15) is 17.8 Å². The van der Waals surface area contributed by atoms with E-state index in [9.17, 15) is 24.3 Å². The number of carbonyl (C=O) groups is 4. The molecule has 7 aliphatic rings. The lowest BCUT2D eigenvalue weighted by Crippen LogP contribution is -2.52. The average molecular weight is 549 g/mol. The number of esters is 3. The second-order valence-electron chi connectivity index (χ2n) is 13.7. The molecule has 8 nitrogen and oxygen atoms in total. The second kappa shape index (κ2) is 7.64. The molecule has 0 amide bonds. The molecule has 2 aliphatic heterocycles. The normalized spacial score (nSPS) is 50.1. The van der Waals surface area contributed by atoms with Crippen LogP contribution in [-0.4, -0.2) is 52.7 Å². The SMILES string of the molecule is C=C1C(=O)O[C@@H]2[C@@H]3[C@@]4(C=C[C@@]3(C)[C@@]3(C4)C(=O)O[C@@H]4[C@H]5C(C)=CC(=O)C5=C(C)C[C@H](O)[C@H]43)[C@@](C)(OC(C)=O)CC[C@@H]12. The van der Waals surface area contributed by atoms with Gasteiger partial charge in [0.05, 0.1) is 11.5 Å². The zero-order valence-electron chi connectivity index (χ0n) is 23.6. The third-order valence-corrected chi connectivity index (χ3v) is 12.1. The zero-order chi connectivity index (χ0) is 28.7. The number of carbonyl (C=O) groups excluding carboxylic acids is 4. The minimum atomic E-state index is -1.18. The number of hydrogen-bond acceptors (Lipinski definition) is 8. The van der Waals surface area contributed by atoms with Crippen molar-refractivity contribution in [2.24, 2.45) is 39.9 Å². The van der Waals surface area contributed by atoms with Gasteiger partial charge in [-0.15, -0.1) is 0 Å². The zero-order valence-corrected chi connectivity index (χ0v) is 23.6. The Morgan fingerprint density at radius 1 is 1.12 bits per heavy atom. The lowest BCUT2D eigenvalue weighted by atomic mass is 9.54. The van der Waals surface area contributed by atoms with Gasteiger partial charge < -0.3 is 19.3 Å². The molecular weight excluding hydrogens is 512 g/mol. The smallest absolute Gasteiger partial charge is 0.334 e. The van der Waals surface area contributed by atoms with Crippen molar-refractivity contribution in [1.29, 1.82) is 0 Å². The van der Waals surface area contributed by atoms with E-state index in [2.05, 4.69) is 12.7 Å². The topological polar surface area (TPSA) is 116 Å². The highest BCUT2D eigenvalue weighted by molar-refractivity contribution is 6.09. The fourth-order valence-electron chi connectivity index (χ4n) is 10.5. The highest BCUT2D eigenvalue weighted by Crippen LogP contribution is 2.80. The van der Waals surface area contributed by atoms with Gasteiger partial charge in [0.2, 0.25) is 0 Å². The summed E-state index contributed by atoms with van der Waals surface area (Å²) in [5.74, 6) is -3.06. The maximum atomic E-state index is 14.4. The molecule has 40 heavy (non-hydrogen) atoms. The van der Waals surface area contributed by atoms with E-state index in [1.54, 1.807) is 6.08 Å². The molecule has 0 radical (unpaired) electrons. The van der Waals surface area contributed by atoms with Gasteiger partial charge in [-0.2, -0.15) is 0 Å². The van der Waals surface area contributed by atoms with E-state index < -0.39 is 75.8 Å². The van der Waals surface area contributed by atoms with Crippen molar-refractivity contribution in [2.45, 2.75) is 84.2 Å². The predicted molar refractivity (Wildman–Crippen MR) is 141 cm³/mol. The Morgan fingerprint density at radius 2 is 1.85 bits per heavy atom. The molecule has 2 heterocycles. The molecule has 7 rings (SSSR count). The molecule has 8 heteroatoms. The van der Waals surface area contributed by atoms with Crippen molar-refractivity contribution >= 4 is 23.7 Å². The first-order valence-corrected chi connectivity index (χ1v) is 14.3. The van der Waals surface area contributed by atoms with Gasteiger partial charge in [0.25, 0.3) is 0 Å². The van der Waals surface area contributed by atoms with Gasteiger partial charge in [0, 0.05) is 52.6 Å². The molecule has 1 spiro atoms. The highest BCUT2D eigenvalue weighted by Gasteiger charge is 2.84. The van der Waals surface area contributed by atoms with Crippen molar-refractivity contribution in [3.8, 4) is 0 Å². The van der Waals surface area contributed by atoms with Gasteiger partial charge >= 0.3 is 17.9 Å². The molecule has 0 aromatic carbocycles. The van der Waals surface area contributed by atoms with Crippen LogP contribution in [0, 0.1) is 39.9 Å². The summed E-state index contributed by atoms with van der Waals surface area (Å²) in [6.07, 6.45) is 5.09. The number of hydrogen-bond donors (Lipinski definition) is 1. The summed E-state index contributed by atoms with van der Waals surface area (Å²) in [7, 11) is 0. The molecule has 0 aromatic heterocycles. The fraction of sp³-hybridized carbons (Fsp3) is 0.625. The number of ketones is 1. The Morgan fingerprint density at radius 3 is 2.55 bits per heavy atom. The molecule has 0 aromatic rings. The highest BCUT2D eigenvalue weighted by atomic mass is 16.6. The number of fused-ring (bicyclic) bond motifs is 6. The third-order valence-electron chi connectivity index (χ3n) is 12.1. The molecule has 5 aliphatic carbocycles. The summed E-state index contributed by atoms with van der Waals surface area (Å²) in [4.78, 5) is 52.8. The number of aliphatic hydroxyl groups excluding tert-OH is 1. The Bertz CT molecular complexity index is 1420. The van der Waals surface area contributed by atoms with Crippen LogP contribution in [0.3, 0.4) is 0 Å². The first kappa shape index (κ1) is 25.9. The first-order valence-electron chi connectivity index (χ1n) is 14.3. The number of allylic oxidation sites excluding steroid dienone is 2. The first-order chi connectivity index (χ1) is 18.7. The van der Waals surface area contributed by atoms with Crippen molar-refractivity contribution in [1.82, 2.24) is 0 Å². The van der Waals surface area contributed by atoms with Crippen LogP contribution in [-0.2, 0) is 33.4 Å². The van der Waals surface area contributed by atoms with E-state index in [4.69, 9.17) is 14.2 Å². The maximum absolute atomic E-state index is 14.4. The molecule has 11 atom stereocenters. The monoisotopic (exact) mass is 548 g/mol. The van der Waals surface area contributed by atoms with E-state index in [1.807, 2.05) is 33.8 Å². The van der Waals surface area contributed by atoms with E-state index in [0.29, 0.717) is 24.0 Å². The van der Waals surface area contributed by atoms with Crippen LogP contribution in [0.2, 0.25) is 0 Å². The van der Waals surface area contributed by atoms with Crippen molar-refractivity contribution in [3.05, 3.63) is 47.1 Å². The van der Waals surface area contributed by atoms with Crippen LogP contribution >= 0.6 is 0 Å². The van der Waals surface area contributed by atoms with Crippen LogP contribution in [0.25, 0.3) is 0 Å². The molecule has 4 fully saturated rings. The van der Waals surface area contributed by atoms with Crippen LogP contribution in [0.4, 0.5) is 0 Å². The fourth-order valence-corrected chi connectivity index (χ4v) is 10.5. The Labute approximate surface area is 233 Å². The summed E-state index contributed by atoms with van der Waals surface area (Å²) in [5.41, 5.74) is -1.23. The van der Waals surface area contributed by atoms with Gasteiger partial charge in [-0.3, -0.25) is 14.4 Å². The predicted octanol–water partition coefficient (Wildman–Crippen LogP) is 3.54. The van der Waals surface area contributed by atoms with E-state index in [-0.39, 0.29) is 24.5 Å². The third kappa shape index (κ3) is 2.67. The largest absolute Gasteiger partial charge is 0.460 e. The lowest BCUT2D eigenvalue weighted by Gasteiger charge is -2.47. The summed E-state index contributed by atoms with van der Waals surface area (Å²) in [5, 5.41) is 11.9. The summed E-state index contributed by atoms with van der Waals surface area (Å²) in [6.45, 7) is 13.1. The van der Waals surface area contributed by atoms with Crippen molar-refractivity contribution in [3.63, 3.8) is 0 Å². The minimum Gasteiger partial charge on any atom is -0.460 e. The molecule has 2 bridgehead atoms. The van der Waals surface area contributed by atoms with Gasteiger partial charge in [-0.25, -0.2) is 4.79 Å². The van der Waals surface area contributed by atoms with Crippen LogP contribution < -0.4 is 0 Å². The summed E-state index contributed by atoms with van der Waals surface area (Å²) >= 11 is 0. The van der Waals surface area contributed by atoms with E-state index in [1.165, 1.54) is 6.92 Å². The molecule has 1 N–H and O–H groups in total. The standard InChI is InChI=1S/C32H36O8/c1-14-12-20(35)23-25(22-15(2)11-19(34)21(14)22)39-28(37)32(23)13-31-10-9-29(32,5)26(31)24-18(16(3)27(36)38-24)7-8-30(31,6)40-17(4)33/h9-11,18,20,22-26,35H,3,7-8,12-13H2,1-2,4-6H3/t18-,20-,22-,23+,24-,25+,26-,29+,30-,31-,32+/m0/s1. The molecule has 212 valence electrons. The lowest BCUT2D eigenvalue weighted by molar-refractivity contribution is -0.175. The molecule has 2 saturated carbocycles. The molecule has 0 unspecified atom stereocenters. The van der Waals surface area contributed by atoms with Gasteiger partial charge in [-0.1, -0.05) is 36.8 Å². The van der Waals surface area contributed by atoms with E-state index in [0.717, 1.165) is 11.1 Å². The number of rotatable bonds is 1. The quantitative estimate of drug-likeness (QED) is 0.229. The van der Waals surface area contributed by atoms with Crippen molar-refractivity contribution in [2.75, 3.05) is 0 Å². The van der Waals surface area contributed by atoms with Crippen LogP contribution in [0.15, 0.2) is 47.1 Å².